The van der Waals surface area contributed by atoms with Gasteiger partial charge in [0.2, 0.25) is 0 Å². The van der Waals surface area contributed by atoms with Crippen molar-refractivity contribution in [3.8, 4) is 0 Å². The van der Waals surface area contributed by atoms with Crippen LogP contribution in [0.5, 0.6) is 0 Å². The molecular formula is C20H29N5. The van der Waals surface area contributed by atoms with Crippen molar-refractivity contribution in [2.45, 2.75) is 33.2 Å². The number of hydrogen-bond acceptors (Lipinski definition) is 5. The molecule has 1 N–H and O–H groups in total. The fraction of sp³-hybridized carbons (Fsp3) is 0.500. The minimum absolute atomic E-state index is 0.887. The first kappa shape index (κ1) is 17.7. The van der Waals surface area contributed by atoms with Crippen molar-refractivity contribution in [2.24, 2.45) is 0 Å². The molecule has 0 aliphatic carbocycles. The van der Waals surface area contributed by atoms with Crippen LogP contribution in [0.3, 0.4) is 0 Å². The third kappa shape index (κ3) is 4.48. The molecule has 1 aromatic heterocycles. The fourth-order valence-electron chi connectivity index (χ4n) is 3.43. The third-order valence-corrected chi connectivity index (χ3v) is 4.69. The summed E-state index contributed by atoms with van der Waals surface area (Å²) in [6.07, 6.45) is 3.82. The molecule has 134 valence electrons. The SMILES string of the molecule is CCCc1c(NCC)ncnc1N1CCN(Cc2ccccc2)CC1. The first-order valence-electron chi connectivity index (χ1n) is 9.40. The zero-order chi connectivity index (χ0) is 17.5. The molecule has 0 bridgehead atoms. The van der Waals surface area contributed by atoms with Crippen LogP contribution in [-0.4, -0.2) is 47.6 Å². The molecule has 1 fully saturated rings. The smallest absolute Gasteiger partial charge is 0.137 e. The van der Waals surface area contributed by atoms with E-state index in [4.69, 9.17) is 0 Å². The maximum atomic E-state index is 4.63. The van der Waals surface area contributed by atoms with Crippen LogP contribution in [0.2, 0.25) is 0 Å². The monoisotopic (exact) mass is 339 g/mol. The van der Waals surface area contributed by atoms with Gasteiger partial charge in [-0.3, -0.25) is 4.90 Å². The van der Waals surface area contributed by atoms with Crippen LogP contribution in [0.1, 0.15) is 31.4 Å². The highest BCUT2D eigenvalue weighted by Gasteiger charge is 2.21. The summed E-state index contributed by atoms with van der Waals surface area (Å²) in [4.78, 5) is 14.0. The Labute approximate surface area is 151 Å². The van der Waals surface area contributed by atoms with Crippen molar-refractivity contribution in [1.82, 2.24) is 14.9 Å². The first-order valence-corrected chi connectivity index (χ1v) is 9.40. The van der Waals surface area contributed by atoms with Gasteiger partial charge in [0.05, 0.1) is 0 Å². The van der Waals surface area contributed by atoms with Crippen molar-refractivity contribution < 1.29 is 0 Å². The Hall–Kier alpha value is -2.14. The Bertz CT molecular complexity index is 650. The summed E-state index contributed by atoms with van der Waals surface area (Å²) >= 11 is 0. The fourth-order valence-corrected chi connectivity index (χ4v) is 3.43. The third-order valence-electron chi connectivity index (χ3n) is 4.69. The number of nitrogens with zero attached hydrogens (tertiary/aromatic N) is 4. The lowest BCUT2D eigenvalue weighted by atomic mass is 10.1. The van der Waals surface area contributed by atoms with Gasteiger partial charge in [-0.25, -0.2) is 9.97 Å². The maximum Gasteiger partial charge on any atom is 0.137 e. The molecule has 1 aliphatic rings. The van der Waals surface area contributed by atoms with Gasteiger partial charge in [0.25, 0.3) is 0 Å². The highest BCUT2D eigenvalue weighted by molar-refractivity contribution is 5.59. The maximum absolute atomic E-state index is 4.63. The van der Waals surface area contributed by atoms with E-state index in [2.05, 4.69) is 69.3 Å². The minimum Gasteiger partial charge on any atom is -0.370 e. The van der Waals surface area contributed by atoms with Gasteiger partial charge in [0.1, 0.15) is 18.0 Å². The number of nitrogens with one attached hydrogen (secondary N) is 1. The van der Waals surface area contributed by atoms with E-state index < -0.39 is 0 Å². The van der Waals surface area contributed by atoms with Gasteiger partial charge in [-0.05, 0) is 18.9 Å². The van der Waals surface area contributed by atoms with E-state index in [1.807, 2.05) is 0 Å². The van der Waals surface area contributed by atoms with Crippen molar-refractivity contribution in [1.29, 1.82) is 0 Å². The lowest BCUT2D eigenvalue weighted by molar-refractivity contribution is 0.249. The largest absolute Gasteiger partial charge is 0.370 e. The second-order valence-electron chi connectivity index (χ2n) is 6.55. The van der Waals surface area contributed by atoms with Gasteiger partial charge in [0, 0.05) is 44.8 Å². The molecule has 0 radical (unpaired) electrons. The molecule has 1 aromatic carbocycles. The Morgan fingerprint density at radius 3 is 2.44 bits per heavy atom. The van der Waals surface area contributed by atoms with E-state index in [0.29, 0.717) is 0 Å². The summed E-state index contributed by atoms with van der Waals surface area (Å²) < 4.78 is 0. The number of hydrogen-bond donors (Lipinski definition) is 1. The number of rotatable bonds is 7. The van der Waals surface area contributed by atoms with Crippen LogP contribution in [0.15, 0.2) is 36.7 Å². The molecule has 5 heteroatoms. The van der Waals surface area contributed by atoms with E-state index in [1.165, 1.54) is 11.1 Å². The normalized spacial score (nSPS) is 15.4. The summed E-state index contributed by atoms with van der Waals surface area (Å²) in [5.41, 5.74) is 2.66. The van der Waals surface area contributed by atoms with E-state index in [1.54, 1.807) is 6.33 Å². The van der Waals surface area contributed by atoms with Gasteiger partial charge >= 0.3 is 0 Å². The van der Waals surface area contributed by atoms with Crippen LogP contribution >= 0.6 is 0 Å². The van der Waals surface area contributed by atoms with E-state index in [-0.39, 0.29) is 0 Å². The van der Waals surface area contributed by atoms with Crippen LogP contribution in [-0.2, 0) is 13.0 Å². The second-order valence-corrected chi connectivity index (χ2v) is 6.55. The summed E-state index contributed by atoms with van der Waals surface area (Å²) in [5.74, 6) is 2.12. The van der Waals surface area contributed by atoms with Crippen molar-refractivity contribution in [2.75, 3.05) is 42.9 Å². The van der Waals surface area contributed by atoms with Gasteiger partial charge in [-0.2, -0.15) is 0 Å². The Balaban J connectivity index is 1.67. The molecule has 0 spiro atoms. The van der Waals surface area contributed by atoms with Gasteiger partial charge in [-0.1, -0.05) is 43.7 Å². The van der Waals surface area contributed by atoms with Gasteiger partial charge < -0.3 is 10.2 Å². The number of aromatic nitrogens is 2. The molecule has 0 saturated carbocycles. The molecule has 0 unspecified atom stereocenters. The molecule has 2 aromatic rings. The zero-order valence-electron chi connectivity index (χ0n) is 15.4. The predicted octanol–water partition coefficient (Wildman–Crippen LogP) is 3.18. The molecule has 25 heavy (non-hydrogen) atoms. The zero-order valence-corrected chi connectivity index (χ0v) is 15.4. The Morgan fingerprint density at radius 1 is 1.00 bits per heavy atom. The van der Waals surface area contributed by atoms with Gasteiger partial charge in [0.15, 0.2) is 0 Å². The molecule has 2 heterocycles. The highest BCUT2D eigenvalue weighted by atomic mass is 15.3. The molecule has 0 amide bonds. The molecule has 3 rings (SSSR count). The molecule has 0 atom stereocenters. The van der Waals surface area contributed by atoms with Crippen LogP contribution in [0.25, 0.3) is 0 Å². The number of benzene rings is 1. The summed E-state index contributed by atoms with van der Waals surface area (Å²) in [6.45, 7) is 10.4. The average Bonchev–Trinajstić information content (AvgIpc) is 2.65. The lowest BCUT2D eigenvalue weighted by Gasteiger charge is -2.36. The molecule has 1 saturated heterocycles. The standard InChI is InChI=1S/C20H29N5/c1-3-8-18-19(21-4-2)22-16-23-20(18)25-13-11-24(12-14-25)15-17-9-6-5-7-10-17/h5-7,9-10,16H,3-4,8,11-15H2,1-2H3,(H,21,22,23). The van der Waals surface area contributed by atoms with Crippen molar-refractivity contribution in [3.05, 3.63) is 47.8 Å². The highest BCUT2D eigenvalue weighted by Crippen LogP contribution is 2.26. The van der Waals surface area contributed by atoms with Gasteiger partial charge in [-0.15, -0.1) is 0 Å². The minimum atomic E-state index is 0.887. The van der Waals surface area contributed by atoms with E-state index >= 15 is 0 Å². The summed E-state index contributed by atoms with van der Waals surface area (Å²) in [6, 6.07) is 10.7. The Morgan fingerprint density at radius 2 is 1.76 bits per heavy atom. The molecule has 5 nitrogen and oxygen atoms in total. The van der Waals surface area contributed by atoms with Crippen LogP contribution in [0.4, 0.5) is 11.6 Å². The predicted molar refractivity (Wildman–Crippen MR) is 104 cm³/mol. The topological polar surface area (TPSA) is 44.3 Å². The lowest BCUT2D eigenvalue weighted by Crippen LogP contribution is -2.46. The van der Waals surface area contributed by atoms with Crippen molar-refractivity contribution >= 4 is 11.6 Å². The number of anilines is 2. The average molecular weight is 339 g/mol. The second kappa shape index (κ2) is 8.81. The van der Waals surface area contributed by atoms with E-state index in [0.717, 1.165) is 63.7 Å². The van der Waals surface area contributed by atoms with E-state index in [9.17, 15) is 0 Å². The molecule has 1 aliphatic heterocycles. The van der Waals surface area contributed by atoms with Crippen LogP contribution in [0, 0.1) is 0 Å². The van der Waals surface area contributed by atoms with Crippen LogP contribution < -0.4 is 10.2 Å². The molecular weight excluding hydrogens is 310 g/mol. The first-order chi connectivity index (χ1) is 12.3. The van der Waals surface area contributed by atoms with Crippen molar-refractivity contribution in [3.63, 3.8) is 0 Å². The number of piperazine rings is 1. The summed E-state index contributed by atoms with van der Waals surface area (Å²) in [5, 5.41) is 3.39. The summed E-state index contributed by atoms with van der Waals surface area (Å²) in [7, 11) is 0. The Kier molecular flexibility index (Phi) is 6.23. The quantitative estimate of drug-likeness (QED) is 0.839.